The second-order valence-corrected chi connectivity index (χ2v) is 8.14. The van der Waals surface area contributed by atoms with E-state index in [-0.39, 0.29) is 5.91 Å². The second-order valence-electron chi connectivity index (χ2n) is 7.14. The van der Waals surface area contributed by atoms with Crippen molar-refractivity contribution in [2.24, 2.45) is 0 Å². The van der Waals surface area contributed by atoms with Gasteiger partial charge in [0.25, 0.3) is 5.91 Å². The van der Waals surface area contributed by atoms with Crippen molar-refractivity contribution in [1.82, 2.24) is 4.98 Å². The molecule has 0 aliphatic heterocycles. The summed E-state index contributed by atoms with van der Waals surface area (Å²) in [6.07, 6.45) is 0. The summed E-state index contributed by atoms with van der Waals surface area (Å²) >= 11 is 1.30. The van der Waals surface area contributed by atoms with E-state index in [2.05, 4.69) is 5.32 Å². The highest BCUT2D eigenvalue weighted by molar-refractivity contribution is 7.21. The Morgan fingerprint density at radius 2 is 1.74 bits per heavy atom. The normalized spacial score (nSPS) is 11.0. The number of carbonyl (C=O) groups is 1. The van der Waals surface area contributed by atoms with Crippen molar-refractivity contribution in [3.63, 3.8) is 0 Å². The lowest BCUT2D eigenvalue weighted by Gasteiger charge is -2.06. The maximum atomic E-state index is 12.9. The molecular weight excluding hydrogens is 406 g/mol. The monoisotopic (exact) mass is 425 g/mol. The van der Waals surface area contributed by atoms with Crippen LogP contribution in [0.1, 0.15) is 9.67 Å². The summed E-state index contributed by atoms with van der Waals surface area (Å²) in [5.41, 5.74) is 9.27. The largest absolute Gasteiger partial charge is 0.497 e. The molecule has 0 spiro atoms. The predicted molar refractivity (Wildman–Crippen MR) is 128 cm³/mol. The van der Waals surface area contributed by atoms with Crippen molar-refractivity contribution < 1.29 is 9.53 Å². The Hall–Kier alpha value is -3.90. The third kappa shape index (κ3) is 3.58. The Bertz CT molecular complexity index is 1420. The summed E-state index contributed by atoms with van der Waals surface area (Å²) in [5.74, 6) is 0.555. The van der Waals surface area contributed by atoms with Gasteiger partial charge in [0.15, 0.2) is 0 Å². The number of benzene rings is 3. The third-order valence-electron chi connectivity index (χ3n) is 5.19. The van der Waals surface area contributed by atoms with Crippen molar-refractivity contribution in [2.45, 2.75) is 0 Å². The number of thiophene rings is 1. The van der Waals surface area contributed by atoms with E-state index < -0.39 is 0 Å². The van der Waals surface area contributed by atoms with Gasteiger partial charge in [-0.15, -0.1) is 11.3 Å². The van der Waals surface area contributed by atoms with E-state index in [1.54, 1.807) is 7.11 Å². The Kier molecular flexibility index (Phi) is 4.76. The van der Waals surface area contributed by atoms with Gasteiger partial charge < -0.3 is 15.8 Å². The number of hydrogen-bond acceptors (Lipinski definition) is 5. The van der Waals surface area contributed by atoms with Gasteiger partial charge in [-0.05, 0) is 59.3 Å². The van der Waals surface area contributed by atoms with Gasteiger partial charge in [-0.25, -0.2) is 4.98 Å². The zero-order valence-corrected chi connectivity index (χ0v) is 17.6. The van der Waals surface area contributed by atoms with Gasteiger partial charge in [-0.1, -0.05) is 30.3 Å². The second kappa shape index (κ2) is 7.74. The first-order chi connectivity index (χ1) is 15.1. The van der Waals surface area contributed by atoms with Crippen LogP contribution < -0.4 is 15.8 Å². The molecule has 0 bridgehead atoms. The van der Waals surface area contributed by atoms with Crippen LogP contribution >= 0.6 is 11.3 Å². The molecule has 0 fully saturated rings. The quantitative estimate of drug-likeness (QED) is 0.372. The van der Waals surface area contributed by atoms with E-state index in [0.717, 1.165) is 43.7 Å². The number of nitrogens with one attached hydrogen (secondary N) is 1. The standard InChI is InChI=1S/C25H19N3O2S/c1-30-19-10-7-16(8-11-19)21-13-12-20-22(26)23(31-25(20)28-21)24(29)27-18-9-6-15-4-2-3-5-17(15)14-18/h2-14H,26H2,1H3,(H,27,29). The number of nitrogens with two attached hydrogens (primary N) is 1. The molecule has 3 N–H and O–H groups in total. The van der Waals surface area contributed by atoms with Gasteiger partial charge in [0.1, 0.15) is 15.5 Å². The molecule has 0 aliphatic rings. The van der Waals surface area contributed by atoms with Gasteiger partial charge >= 0.3 is 0 Å². The summed E-state index contributed by atoms with van der Waals surface area (Å²) in [4.78, 5) is 18.9. The number of anilines is 2. The molecule has 0 atom stereocenters. The van der Waals surface area contributed by atoms with E-state index in [1.807, 2.05) is 78.9 Å². The van der Waals surface area contributed by atoms with Gasteiger partial charge in [-0.3, -0.25) is 4.79 Å². The van der Waals surface area contributed by atoms with Crippen LogP contribution in [0, 0.1) is 0 Å². The van der Waals surface area contributed by atoms with Gasteiger partial charge in [0.2, 0.25) is 0 Å². The van der Waals surface area contributed by atoms with Crippen molar-refractivity contribution in [3.05, 3.63) is 83.7 Å². The number of methoxy groups -OCH3 is 1. The van der Waals surface area contributed by atoms with Gasteiger partial charge in [0, 0.05) is 16.6 Å². The average Bonchev–Trinajstić information content (AvgIpc) is 3.15. The Labute approximate surface area is 183 Å². The van der Waals surface area contributed by atoms with Crippen LogP contribution in [0.15, 0.2) is 78.9 Å². The molecule has 0 saturated heterocycles. The third-order valence-corrected chi connectivity index (χ3v) is 6.31. The smallest absolute Gasteiger partial charge is 0.267 e. The van der Waals surface area contributed by atoms with Crippen LogP contribution in [0.3, 0.4) is 0 Å². The summed E-state index contributed by atoms with van der Waals surface area (Å²) in [6.45, 7) is 0. The molecule has 2 heterocycles. The zero-order valence-electron chi connectivity index (χ0n) is 16.8. The summed E-state index contributed by atoms with van der Waals surface area (Å²) < 4.78 is 5.21. The minimum absolute atomic E-state index is 0.234. The fourth-order valence-electron chi connectivity index (χ4n) is 3.54. The number of amides is 1. The molecule has 1 amide bonds. The molecule has 0 unspecified atom stereocenters. The molecule has 152 valence electrons. The molecule has 6 heteroatoms. The predicted octanol–water partition coefficient (Wildman–Crippen LogP) is 5.96. The van der Waals surface area contributed by atoms with Crippen LogP contribution in [-0.4, -0.2) is 18.0 Å². The van der Waals surface area contributed by atoms with Crippen molar-refractivity contribution in [1.29, 1.82) is 0 Å². The molecule has 2 aromatic heterocycles. The minimum atomic E-state index is -0.234. The topological polar surface area (TPSA) is 77.2 Å². The Balaban J connectivity index is 1.45. The minimum Gasteiger partial charge on any atom is -0.497 e. The first kappa shape index (κ1) is 19.1. The van der Waals surface area contributed by atoms with E-state index in [1.165, 1.54) is 11.3 Å². The molecule has 5 rings (SSSR count). The first-order valence-corrected chi connectivity index (χ1v) is 10.6. The lowest BCUT2D eigenvalue weighted by atomic mass is 10.1. The molecule has 5 aromatic rings. The Morgan fingerprint density at radius 3 is 2.52 bits per heavy atom. The van der Waals surface area contributed by atoms with Crippen molar-refractivity contribution in [3.8, 4) is 17.0 Å². The first-order valence-electron chi connectivity index (χ1n) is 9.76. The highest BCUT2D eigenvalue weighted by atomic mass is 32.1. The maximum Gasteiger partial charge on any atom is 0.267 e. The SMILES string of the molecule is COc1ccc(-c2ccc3c(N)c(C(=O)Nc4ccc5ccccc5c4)sc3n2)cc1. The summed E-state index contributed by atoms with van der Waals surface area (Å²) in [5, 5.41) is 5.93. The lowest BCUT2D eigenvalue weighted by Crippen LogP contribution is -2.11. The fourth-order valence-corrected chi connectivity index (χ4v) is 4.53. The molecular formula is C25H19N3O2S. The molecule has 0 aliphatic carbocycles. The summed E-state index contributed by atoms with van der Waals surface area (Å²) in [7, 11) is 1.64. The number of carbonyl (C=O) groups excluding carboxylic acids is 1. The van der Waals surface area contributed by atoms with E-state index >= 15 is 0 Å². The lowest BCUT2D eigenvalue weighted by molar-refractivity contribution is 0.103. The molecule has 0 saturated carbocycles. The van der Waals surface area contributed by atoms with Crippen molar-refractivity contribution in [2.75, 3.05) is 18.2 Å². The number of fused-ring (bicyclic) bond motifs is 2. The van der Waals surface area contributed by atoms with Gasteiger partial charge in [-0.2, -0.15) is 0 Å². The molecule has 3 aromatic carbocycles. The van der Waals surface area contributed by atoms with Gasteiger partial charge in [0.05, 0.1) is 18.5 Å². The molecule has 0 radical (unpaired) electrons. The Morgan fingerprint density at radius 1 is 0.968 bits per heavy atom. The van der Waals surface area contributed by atoms with Crippen LogP contribution in [0.5, 0.6) is 5.75 Å². The van der Waals surface area contributed by atoms with Crippen LogP contribution in [0.2, 0.25) is 0 Å². The number of aromatic nitrogens is 1. The van der Waals surface area contributed by atoms with Crippen molar-refractivity contribution >= 4 is 49.6 Å². The van der Waals surface area contributed by atoms with Crippen LogP contribution in [0.25, 0.3) is 32.2 Å². The van der Waals surface area contributed by atoms with E-state index in [9.17, 15) is 4.79 Å². The number of rotatable bonds is 4. The molecule has 5 nitrogen and oxygen atoms in total. The highest BCUT2D eigenvalue weighted by Crippen LogP contribution is 2.35. The number of hydrogen-bond donors (Lipinski definition) is 2. The fraction of sp³-hybridized carbons (Fsp3) is 0.0400. The van der Waals surface area contributed by atoms with Crippen LogP contribution in [-0.2, 0) is 0 Å². The van der Waals surface area contributed by atoms with E-state index in [4.69, 9.17) is 15.5 Å². The number of pyridine rings is 1. The summed E-state index contributed by atoms with van der Waals surface area (Å²) in [6, 6.07) is 25.4. The van der Waals surface area contributed by atoms with E-state index in [0.29, 0.717) is 10.6 Å². The number of ether oxygens (including phenoxy) is 1. The zero-order chi connectivity index (χ0) is 21.4. The molecule has 31 heavy (non-hydrogen) atoms. The average molecular weight is 426 g/mol. The number of nitrogen functional groups attached to an aromatic ring is 1. The maximum absolute atomic E-state index is 12.9. The number of nitrogens with zero attached hydrogens (tertiary/aromatic N) is 1. The highest BCUT2D eigenvalue weighted by Gasteiger charge is 2.18. The van der Waals surface area contributed by atoms with Crippen LogP contribution in [0.4, 0.5) is 11.4 Å².